The minimum atomic E-state index is 0.0995. The first kappa shape index (κ1) is 13.1. The third-order valence-electron chi connectivity index (χ3n) is 3.62. The summed E-state index contributed by atoms with van der Waals surface area (Å²) in [4.78, 5) is 15.6. The molecule has 2 nitrogen and oxygen atoms in total. The highest BCUT2D eigenvalue weighted by molar-refractivity contribution is 7.10. The van der Waals surface area contributed by atoms with Crippen LogP contribution >= 0.6 is 11.3 Å². The number of fused-ring (bicyclic) bond motifs is 1. The molecule has 3 rings (SSSR count). The van der Waals surface area contributed by atoms with E-state index < -0.39 is 0 Å². The second kappa shape index (κ2) is 5.63. The van der Waals surface area contributed by atoms with Gasteiger partial charge in [0.2, 0.25) is 5.91 Å². The van der Waals surface area contributed by atoms with E-state index in [1.165, 1.54) is 16.0 Å². The van der Waals surface area contributed by atoms with Crippen molar-refractivity contribution in [2.24, 2.45) is 0 Å². The highest BCUT2D eigenvalue weighted by Gasteiger charge is 2.19. The van der Waals surface area contributed by atoms with Crippen LogP contribution in [0.25, 0.3) is 6.08 Å². The average molecular weight is 283 g/mol. The molecule has 3 heteroatoms. The van der Waals surface area contributed by atoms with Crippen LogP contribution in [0.15, 0.2) is 41.8 Å². The van der Waals surface area contributed by atoms with Crippen LogP contribution in [0, 0.1) is 6.92 Å². The Bertz CT molecular complexity index is 639. The number of benzene rings is 1. The van der Waals surface area contributed by atoms with Gasteiger partial charge in [-0.3, -0.25) is 4.79 Å². The van der Waals surface area contributed by atoms with Gasteiger partial charge >= 0.3 is 0 Å². The number of nitrogens with zero attached hydrogens (tertiary/aromatic N) is 1. The molecule has 2 aromatic rings. The van der Waals surface area contributed by atoms with Gasteiger partial charge < -0.3 is 4.90 Å². The Morgan fingerprint density at radius 3 is 2.85 bits per heavy atom. The van der Waals surface area contributed by atoms with Gasteiger partial charge in [-0.05, 0) is 42.0 Å². The van der Waals surface area contributed by atoms with E-state index in [9.17, 15) is 4.79 Å². The quantitative estimate of drug-likeness (QED) is 0.770. The molecule has 0 unspecified atom stereocenters. The minimum Gasteiger partial charge on any atom is -0.334 e. The van der Waals surface area contributed by atoms with Crippen LogP contribution in [0.2, 0.25) is 0 Å². The van der Waals surface area contributed by atoms with Crippen LogP contribution in [0.5, 0.6) is 0 Å². The molecule has 1 aromatic carbocycles. The molecule has 0 radical (unpaired) electrons. The van der Waals surface area contributed by atoms with E-state index in [4.69, 9.17) is 0 Å². The van der Waals surface area contributed by atoms with Crippen LogP contribution in [0.1, 0.15) is 21.6 Å². The van der Waals surface area contributed by atoms with Crippen LogP contribution < -0.4 is 0 Å². The molecule has 0 spiro atoms. The Morgan fingerprint density at radius 1 is 1.25 bits per heavy atom. The van der Waals surface area contributed by atoms with Crippen LogP contribution in [0.4, 0.5) is 0 Å². The van der Waals surface area contributed by atoms with Gasteiger partial charge in [0.1, 0.15) is 0 Å². The molecule has 102 valence electrons. The number of carbonyl (C=O) groups is 1. The fraction of sp³-hybridized carbons (Fsp3) is 0.235. The van der Waals surface area contributed by atoms with Crippen LogP contribution in [-0.2, 0) is 17.8 Å². The summed E-state index contributed by atoms with van der Waals surface area (Å²) in [5, 5.41) is 2.11. The highest BCUT2D eigenvalue weighted by atomic mass is 32.1. The van der Waals surface area contributed by atoms with Gasteiger partial charge in [0.25, 0.3) is 0 Å². The van der Waals surface area contributed by atoms with Crippen molar-refractivity contribution in [1.29, 1.82) is 0 Å². The predicted octanol–water partition coefficient (Wildman–Crippen LogP) is 3.65. The maximum Gasteiger partial charge on any atom is 0.246 e. The van der Waals surface area contributed by atoms with E-state index >= 15 is 0 Å². The Kier molecular flexibility index (Phi) is 3.70. The molecule has 0 N–H and O–H groups in total. The Hall–Kier alpha value is -1.87. The lowest BCUT2D eigenvalue weighted by Gasteiger charge is -2.25. The van der Waals surface area contributed by atoms with E-state index in [2.05, 4.69) is 30.5 Å². The van der Waals surface area contributed by atoms with Gasteiger partial charge in [0, 0.05) is 24.0 Å². The van der Waals surface area contributed by atoms with E-state index in [0.29, 0.717) is 0 Å². The van der Waals surface area contributed by atoms with Crippen molar-refractivity contribution in [2.75, 3.05) is 6.54 Å². The molecule has 1 aromatic heterocycles. The Labute approximate surface area is 123 Å². The lowest BCUT2D eigenvalue weighted by molar-refractivity contribution is -0.126. The molecule has 20 heavy (non-hydrogen) atoms. The molecule has 2 heterocycles. The SMILES string of the molecule is Cc1ccc(C=CC(=O)N2CCc3sccc3C2)cc1. The van der Waals surface area contributed by atoms with Crippen molar-refractivity contribution >= 4 is 23.3 Å². The van der Waals surface area contributed by atoms with Gasteiger partial charge in [-0.1, -0.05) is 29.8 Å². The van der Waals surface area contributed by atoms with Crippen molar-refractivity contribution in [1.82, 2.24) is 4.90 Å². The van der Waals surface area contributed by atoms with Crippen molar-refractivity contribution in [2.45, 2.75) is 19.9 Å². The summed E-state index contributed by atoms with van der Waals surface area (Å²) < 4.78 is 0. The van der Waals surface area contributed by atoms with Crippen molar-refractivity contribution in [3.8, 4) is 0 Å². The molecule has 0 saturated heterocycles. The Morgan fingerprint density at radius 2 is 2.05 bits per heavy atom. The number of amides is 1. The lowest BCUT2D eigenvalue weighted by Crippen LogP contribution is -2.34. The molecule has 0 atom stereocenters. The summed E-state index contributed by atoms with van der Waals surface area (Å²) in [6, 6.07) is 10.3. The molecule has 1 aliphatic heterocycles. The molecular formula is C17H17NOS. The summed E-state index contributed by atoms with van der Waals surface area (Å²) in [6.45, 7) is 3.63. The second-order valence-electron chi connectivity index (χ2n) is 5.12. The molecular weight excluding hydrogens is 266 g/mol. The fourth-order valence-electron chi connectivity index (χ4n) is 2.39. The summed E-state index contributed by atoms with van der Waals surface area (Å²) in [6.07, 6.45) is 4.56. The van der Waals surface area contributed by atoms with Crippen molar-refractivity contribution in [3.05, 3.63) is 63.4 Å². The number of rotatable bonds is 2. The third-order valence-corrected chi connectivity index (χ3v) is 4.64. The van der Waals surface area contributed by atoms with E-state index in [1.807, 2.05) is 23.1 Å². The fourth-order valence-corrected chi connectivity index (χ4v) is 3.28. The van der Waals surface area contributed by atoms with E-state index in [0.717, 1.165) is 25.1 Å². The number of hydrogen-bond donors (Lipinski definition) is 0. The molecule has 0 saturated carbocycles. The summed E-state index contributed by atoms with van der Waals surface area (Å²) >= 11 is 1.79. The molecule has 0 bridgehead atoms. The average Bonchev–Trinajstić information content (AvgIpc) is 2.93. The van der Waals surface area contributed by atoms with Crippen molar-refractivity contribution in [3.63, 3.8) is 0 Å². The smallest absolute Gasteiger partial charge is 0.246 e. The standard InChI is InChI=1S/C17H17NOS/c1-13-2-4-14(5-3-13)6-7-17(19)18-10-8-16-15(12-18)9-11-20-16/h2-7,9,11H,8,10,12H2,1H3. The predicted molar refractivity (Wildman–Crippen MR) is 83.7 cm³/mol. The zero-order valence-electron chi connectivity index (χ0n) is 11.5. The first-order valence-corrected chi connectivity index (χ1v) is 7.69. The monoisotopic (exact) mass is 283 g/mol. The maximum atomic E-state index is 12.2. The summed E-state index contributed by atoms with van der Waals surface area (Å²) in [5.74, 6) is 0.0995. The first-order chi connectivity index (χ1) is 9.72. The van der Waals surface area contributed by atoms with Crippen LogP contribution in [0.3, 0.4) is 0 Å². The topological polar surface area (TPSA) is 20.3 Å². The molecule has 0 fully saturated rings. The highest BCUT2D eigenvalue weighted by Crippen LogP contribution is 2.24. The maximum absolute atomic E-state index is 12.2. The largest absolute Gasteiger partial charge is 0.334 e. The first-order valence-electron chi connectivity index (χ1n) is 6.81. The second-order valence-corrected chi connectivity index (χ2v) is 6.12. The summed E-state index contributed by atoms with van der Waals surface area (Å²) in [5.41, 5.74) is 3.60. The van der Waals surface area contributed by atoms with E-state index in [1.54, 1.807) is 17.4 Å². The Balaban J connectivity index is 1.67. The molecule has 1 amide bonds. The van der Waals surface area contributed by atoms with Crippen LogP contribution in [-0.4, -0.2) is 17.4 Å². The number of thiophene rings is 1. The lowest BCUT2D eigenvalue weighted by atomic mass is 10.1. The number of aryl methyl sites for hydroxylation is 1. The number of carbonyl (C=O) groups excluding carboxylic acids is 1. The normalized spacial score (nSPS) is 14.6. The minimum absolute atomic E-state index is 0.0995. The third kappa shape index (κ3) is 2.83. The van der Waals surface area contributed by atoms with Gasteiger partial charge in [-0.25, -0.2) is 0 Å². The molecule has 1 aliphatic rings. The zero-order chi connectivity index (χ0) is 13.9. The van der Waals surface area contributed by atoms with Gasteiger partial charge in [0.15, 0.2) is 0 Å². The van der Waals surface area contributed by atoms with Gasteiger partial charge in [-0.2, -0.15) is 0 Å². The van der Waals surface area contributed by atoms with E-state index in [-0.39, 0.29) is 5.91 Å². The van der Waals surface area contributed by atoms with Gasteiger partial charge in [-0.15, -0.1) is 11.3 Å². The van der Waals surface area contributed by atoms with Crippen molar-refractivity contribution < 1.29 is 4.79 Å². The number of hydrogen-bond acceptors (Lipinski definition) is 2. The summed E-state index contributed by atoms with van der Waals surface area (Å²) in [7, 11) is 0. The van der Waals surface area contributed by atoms with Gasteiger partial charge in [0.05, 0.1) is 0 Å². The zero-order valence-corrected chi connectivity index (χ0v) is 12.3. The molecule has 0 aliphatic carbocycles.